The van der Waals surface area contributed by atoms with Crippen LogP contribution in [0.4, 0.5) is 0 Å². The van der Waals surface area contributed by atoms with Crippen LogP contribution in [0.25, 0.3) is 0 Å². The maximum Gasteiger partial charge on any atom is 0.408 e. The van der Waals surface area contributed by atoms with Crippen molar-refractivity contribution in [2.24, 2.45) is 10.6 Å². The summed E-state index contributed by atoms with van der Waals surface area (Å²) in [5, 5.41) is 27.3. The predicted molar refractivity (Wildman–Crippen MR) is 40.2 cm³/mol. The monoisotopic (exact) mass is 192 g/mol. The van der Waals surface area contributed by atoms with E-state index in [1.165, 1.54) is 0 Å². The molecule has 0 amide bonds. The molecule has 0 aliphatic rings. The summed E-state index contributed by atoms with van der Waals surface area (Å²) < 4.78 is 0. The smallest absolute Gasteiger partial charge is 0.408 e. The molecular formula is C5H12N4O4. The molecule has 0 aliphatic heterocycles. The minimum Gasteiger partial charge on any atom is -0.592 e. The lowest BCUT2D eigenvalue weighted by Gasteiger charge is -1.97. The Labute approximate surface area is 75.1 Å². The van der Waals surface area contributed by atoms with E-state index in [2.05, 4.69) is 20.2 Å². The first-order valence-corrected chi connectivity index (χ1v) is 3.75. The van der Waals surface area contributed by atoms with Gasteiger partial charge in [-0.3, -0.25) is 0 Å². The van der Waals surface area contributed by atoms with Crippen LogP contribution in [0.15, 0.2) is 10.6 Å². The average molecular weight is 192 g/mol. The number of hydrogen-bond donors (Lipinski definition) is 0. The summed E-state index contributed by atoms with van der Waals surface area (Å²) in [6.07, 6.45) is 0. The van der Waals surface area contributed by atoms with Crippen LogP contribution in [-0.4, -0.2) is 29.6 Å². The fraction of sp³-hybridized carbons (Fsp3) is 1.00. The van der Waals surface area contributed by atoms with Crippen LogP contribution in [0, 0.1) is 10.4 Å². The van der Waals surface area contributed by atoms with Gasteiger partial charge in [-0.2, -0.15) is 0 Å². The second kappa shape index (κ2) is 7.07. The Hall–Kier alpha value is -1.60. The summed E-state index contributed by atoms with van der Waals surface area (Å²) in [4.78, 5) is 8.92. The third-order valence-electron chi connectivity index (χ3n) is 0.798. The van der Waals surface area contributed by atoms with Gasteiger partial charge in [-0.05, 0) is 13.8 Å². The minimum atomic E-state index is -0.583. The molecule has 0 N–H and O–H groups in total. The molecule has 0 aromatic rings. The first kappa shape index (κ1) is 11.4. The lowest BCUT2D eigenvalue weighted by atomic mass is 10.9. The van der Waals surface area contributed by atoms with E-state index in [9.17, 15) is 10.4 Å². The van der Waals surface area contributed by atoms with Gasteiger partial charge in [-0.15, -0.1) is 0 Å². The quantitative estimate of drug-likeness (QED) is 0.269. The predicted octanol–water partition coefficient (Wildman–Crippen LogP) is 0.772. The summed E-state index contributed by atoms with van der Waals surface area (Å²) in [7, 11) is 0. The van der Waals surface area contributed by atoms with Crippen molar-refractivity contribution in [3.63, 3.8) is 0 Å². The van der Waals surface area contributed by atoms with E-state index in [1.807, 2.05) is 0 Å². The first-order chi connectivity index (χ1) is 6.20. The molecule has 0 spiro atoms. The first-order valence-electron chi connectivity index (χ1n) is 3.75. The zero-order chi connectivity index (χ0) is 10.1. The Morgan fingerprint density at radius 3 is 1.69 bits per heavy atom. The summed E-state index contributed by atoms with van der Waals surface area (Å²) in [5.74, 6) is 0. The van der Waals surface area contributed by atoms with E-state index in [4.69, 9.17) is 0 Å². The number of nitrogens with zero attached hydrogens (tertiary/aromatic N) is 4. The Morgan fingerprint density at radius 2 is 1.38 bits per heavy atom. The highest BCUT2D eigenvalue weighted by Gasteiger charge is 2.04. The molecule has 0 saturated carbocycles. The zero-order valence-electron chi connectivity index (χ0n) is 7.54. The van der Waals surface area contributed by atoms with Crippen LogP contribution >= 0.6 is 0 Å². The molecule has 0 fully saturated rings. The molecule has 0 saturated heterocycles. The van der Waals surface area contributed by atoms with E-state index in [0.717, 1.165) is 0 Å². The lowest BCUT2D eigenvalue weighted by molar-refractivity contribution is -0.750. The van der Waals surface area contributed by atoms with Gasteiger partial charge in [0.2, 0.25) is 10.6 Å². The SMILES string of the molecule is CCO/N=[N+](\[O-])C/[N+]([O-])=N/OCC. The van der Waals surface area contributed by atoms with E-state index in [-0.39, 0.29) is 22.9 Å². The molecular weight excluding hydrogens is 180 g/mol. The van der Waals surface area contributed by atoms with Gasteiger partial charge in [0, 0.05) is 9.72 Å². The molecule has 0 aliphatic carbocycles. The highest BCUT2D eigenvalue weighted by Crippen LogP contribution is 1.83. The van der Waals surface area contributed by atoms with Crippen molar-refractivity contribution < 1.29 is 19.4 Å². The second-order valence-electron chi connectivity index (χ2n) is 1.84. The zero-order valence-corrected chi connectivity index (χ0v) is 7.54. The fourth-order valence-electron chi connectivity index (χ4n) is 0.399. The summed E-state index contributed by atoms with van der Waals surface area (Å²) in [5.41, 5.74) is 0. The van der Waals surface area contributed by atoms with Crippen molar-refractivity contribution in [3.8, 4) is 0 Å². The number of hydroxylamine groups is 2. The van der Waals surface area contributed by atoms with Crippen molar-refractivity contribution in [2.75, 3.05) is 19.9 Å². The third-order valence-corrected chi connectivity index (χ3v) is 0.798. The molecule has 0 radical (unpaired) electrons. The van der Waals surface area contributed by atoms with Gasteiger partial charge in [0.1, 0.15) is 13.2 Å². The van der Waals surface area contributed by atoms with Crippen LogP contribution in [0.2, 0.25) is 0 Å². The molecule has 0 unspecified atom stereocenters. The van der Waals surface area contributed by atoms with Gasteiger partial charge in [-0.1, -0.05) is 0 Å². The molecule has 13 heavy (non-hydrogen) atoms. The Morgan fingerprint density at radius 1 is 1.00 bits per heavy atom. The normalized spacial score (nSPS) is 12.8. The second-order valence-corrected chi connectivity index (χ2v) is 1.84. The molecule has 0 atom stereocenters. The molecule has 8 nitrogen and oxygen atoms in total. The van der Waals surface area contributed by atoms with Gasteiger partial charge in [0.15, 0.2) is 0 Å². The highest BCUT2D eigenvalue weighted by molar-refractivity contribution is 4.02. The maximum atomic E-state index is 10.6. The highest BCUT2D eigenvalue weighted by atomic mass is 16.7. The van der Waals surface area contributed by atoms with Crippen molar-refractivity contribution in [2.45, 2.75) is 13.8 Å². The fourth-order valence-corrected chi connectivity index (χ4v) is 0.399. The number of rotatable bonds is 6. The van der Waals surface area contributed by atoms with Gasteiger partial charge >= 0.3 is 6.67 Å². The topological polar surface area (TPSA) is 95.3 Å². The molecule has 8 heteroatoms. The Balaban J connectivity index is 3.82. The molecule has 76 valence electrons. The molecule has 0 aromatic carbocycles. The average Bonchev–Trinajstić information content (AvgIpc) is 2.11. The largest absolute Gasteiger partial charge is 0.592 e. The van der Waals surface area contributed by atoms with Crippen molar-refractivity contribution >= 4 is 0 Å². The lowest BCUT2D eigenvalue weighted by Crippen LogP contribution is -2.14. The van der Waals surface area contributed by atoms with Crippen molar-refractivity contribution in [3.05, 3.63) is 10.4 Å². The Bertz CT molecular complexity index is 173. The van der Waals surface area contributed by atoms with Gasteiger partial charge in [0.05, 0.1) is 0 Å². The van der Waals surface area contributed by atoms with E-state index >= 15 is 0 Å². The van der Waals surface area contributed by atoms with Crippen molar-refractivity contribution in [1.82, 2.24) is 0 Å². The molecule has 0 heterocycles. The van der Waals surface area contributed by atoms with Gasteiger partial charge in [-0.25, -0.2) is 0 Å². The van der Waals surface area contributed by atoms with Crippen LogP contribution in [-0.2, 0) is 9.68 Å². The van der Waals surface area contributed by atoms with E-state index in [1.54, 1.807) is 13.8 Å². The number of hydrogen-bond acceptors (Lipinski definition) is 6. The van der Waals surface area contributed by atoms with E-state index < -0.39 is 6.67 Å². The van der Waals surface area contributed by atoms with Crippen LogP contribution < -0.4 is 0 Å². The van der Waals surface area contributed by atoms with Crippen LogP contribution in [0.3, 0.4) is 0 Å². The van der Waals surface area contributed by atoms with Crippen LogP contribution in [0.1, 0.15) is 13.8 Å². The van der Waals surface area contributed by atoms with Crippen LogP contribution in [0.5, 0.6) is 0 Å². The maximum absolute atomic E-state index is 10.6. The molecule has 0 bridgehead atoms. The van der Waals surface area contributed by atoms with Gasteiger partial charge in [0.25, 0.3) is 0 Å². The summed E-state index contributed by atoms with van der Waals surface area (Å²) in [6, 6.07) is 0. The van der Waals surface area contributed by atoms with E-state index in [0.29, 0.717) is 0 Å². The molecule has 0 rings (SSSR count). The standard InChI is InChI=1S/C5H12N4O4/c1-3-12-6-8(10)5-9(11)7-13-4-2/h3-5H2,1-2H3/b8-6-,9-7-. The molecule has 0 aromatic heterocycles. The Kier molecular flexibility index (Phi) is 6.20. The van der Waals surface area contributed by atoms with Gasteiger partial charge < -0.3 is 20.1 Å². The minimum absolute atomic E-state index is 0.0685. The van der Waals surface area contributed by atoms with Crippen molar-refractivity contribution in [1.29, 1.82) is 0 Å². The summed E-state index contributed by atoms with van der Waals surface area (Å²) >= 11 is 0. The summed E-state index contributed by atoms with van der Waals surface area (Å²) in [6.45, 7) is 3.27. The third kappa shape index (κ3) is 6.78.